The zero-order valence-electron chi connectivity index (χ0n) is 11.2. The monoisotopic (exact) mass is 272 g/mol. The van der Waals surface area contributed by atoms with Crippen LogP contribution in [0.15, 0.2) is 60.0 Å². The molecule has 1 heterocycles. The van der Waals surface area contributed by atoms with Gasteiger partial charge in [-0.3, -0.25) is 0 Å². The van der Waals surface area contributed by atoms with Crippen LogP contribution in [0.2, 0.25) is 0 Å². The number of nitrogens with zero attached hydrogens (tertiary/aromatic N) is 1. The summed E-state index contributed by atoms with van der Waals surface area (Å²) < 4.78 is 5.62. The van der Waals surface area contributed by atoms with E-state index in [2.05, 4.69) is 18.2 Å². The summed E-state index contributed by atoms with van der Waals surface area (Å²) in [4.78, 5) is 0. The number of fused-ring (bicyclic) bond motifs is 3. The van der Waals surface area contributed by atoms with Gasteiger partial charge in [-0.2, -0.15) is 5.26 Å². The van der Waals surface area contributed by atoms with E-state index in [4.69, 9.17) is 10.5 Å². The number of ether oxygens (including phenoxy) is 1. The third-order valence-corrected chi connectivity index (χ3v) is 4.09. The van der Waals surface area contributed by atoms with E-state index >= 15 is 0 Å². The second kappa shape index (κ2) is 4.00. The molecule has 1 aliphatic heterocycles. The first kappa shape index (κ1) is 11.8. The van der Waals surface area contributed by atoms with E-state index < -0.39 is 5.41 Å². The molecule has 0 bridgehead atoms. The van der Waals surface area contributed by atoms with Gasteiger partial charge in [-0.1, -0.05) is 54.6 Å². The first-order valence-corrected chi connectivity index (χ1v) is 6.73. The van der Waals surface area contributed by atoms with Crippen molar-refractivity contribution in [2.45, 2.75) is 5.41 Å². The van der Waals surface area contributed by atoms with Crippen LogP contribution in [0.3, 0.4) is 0 Å². The lowest BCUT2D eigenvalue weighted by Gasteiger charge is -2.32. The first-order chi connectivity index (χ1) is 10.2. The number of rotatable bonds is 0. The van der Waals surface area contributed by atoms with Crippen LogP contribution in [0.1, 0.15) is 5.56 Å². The lowest BCUT2D eigenvalue weighted by molar-refractivity contribution is 0.389. The molecule has 3 nitrogen and oxygen atoms in total. The van der Waals surface area contributed by atoms with Crippen molar-refractivity contribution in [2.75, 3.05) is 0 Å². The molecule has 4 rings (SSSR count). The molecule has 0 saturated heterocycles. The van der Waals surface area contributed by atoms with Crippen LogP contribution in [0.5, 0.6) is 5.75 Å². The fourth-order valence-corrected chi connectivity index (χ4v) is 3.16. The van der Waals surface area contributed by atoms with E-state index in [-0.39, 0.29) is 5.88 Å². The number of hydrogen-bond donors (Lipinski definition) is 1. The Labute approximate surface area is 121 Å². The number of nitrogens with two attached hydrogens (primary N) is 1. The second-order valence-electron chi connectivity index (χ2n) is 5.24. The van der Waals surface area contributed by atoms with Gasteiger partial charge in [-0.05, 0) is 16.5 Å². The maximum atomic E-state index is 9.58. The molecule has 0 atom stereocenters. The van der Waals surface area contributed by atoms with Crippen molar-refractivity contribution in [2.24, 2.45) is 5.73 Å². The summed E-state index contributed by atoms with van der Waals surface area (Å²) >= 11 is 0. The van der Waals surface area contributed by atoms with Crippen LogP contribution in [-0.2, 0) is 5.41 Å². The molecule has 0 radical (unpaired) electrons. The normalized spacial score (nSPS) is 17.1. The summed E-state index contributed by atoms with van der Waals surface area (Å²) in [5, 5.41) is 11.8. The summed E-state index contributed by atoms with van der Waals surface area (Å²) in [5.74, 6) is 0.880. The number of nitriles is 1. The van der Waals surface area contributed by atoms with Crippen molar-refractivity contribution < 1.29 is 4.74 Å². The van der Waals surface area contributed by atoms with Crippen LogP contribution in [0, 0.1) is 11.3 Å². The highest BCUT2D eigenvalue weighted by Gasteiger charge is 2.42. The van der Waals surface area contributed by atoms with E-state index in [1.165, 1.54) is 0 Å². The van der Waals surface area contributed by atoms with Crippen molar-refractivity contribution in [1.29, 1.82) is 5.26 Å². The minimum absolute atomic E-state index is 0.177. The Balaban J connectivity index is 2.13. The van der Waals surface area contributed by atoms with Gasteiger partial charge in [0.25, 0.3) is 0 Å². The van der Waals surface area contributed by atoms with Crippen LogP contribution >= 0.6 is 0 Å². The molecule has 0 amide bonds. The largest absolute Gasteiger partial charge is 0.440 e. The molecule has 1 aliphatic carbocycles. The minimum Gasteiger partial charge on any atom is -0.440 e. The highest BCUT2D eigenvalue weighted by atomic mass is 16.5. The molecule has 2 aromatic carbocycles. The van der Waals surface area contributed by atoms with Crippen LogP contribution in [0.25, 0.3) is 12.2 Å². The predicted molar refractivity (Wildman–Crippen MR) is 80.2 cm³/mol. The van der Waals surface area contributed by atoms with Gasteiger partial charge >= 0.3 is 0 Å². The fraction of sp³-hybridized carbons (Fsp3) is 0.0556. The van der Waals surface area contributed by atoms with Crippen molar-refractivity contribution in [1.82, 2.24) is 0 Å². The first-order valence-electron chi connectivity index (χ1n) is 6.73. The quantitative estimate of drug-likeness (QED) is 0.786. The van der Waals surface area contributed by atoms with Crippen LogP contribution < -0.4 is 20.9 Å². The molecule has 0 unspecified atom stereocenters. The average molecular weight is 272 g/mol. The Kier molecular flexibility index (Phi) is 2.25. The van der Waals surface area contributed by atoms with E-state index in [9.17, 15) is 5.26 Å². The van der Waals surface area contributed by atoms with Crippen LogP contribution in [-0.4, -0.2) is 0 Å². The number of hydrogen-bond acceptors (Lipinski definition) is 3. The average Bonchev–Trinajstić information content (AvgIpc) is 2.87. The van der Waals surface area contributed by atoms with Gasteiger partial charge < -0.3 is 10.5 Å². The molecule has 21 heavy (non-hydrogen) atoms. The van der Waals surface area contributed by atoms with E-state index in [0.29, 0.717) is 11.3 Å². The highest BCUT2D eigenvalue weighted by Crippen LogP contribution is 2.45. The Hall–Kier alpha value is -2.99. The smallest absolute Gasteiger partial charge is 0.206 e. The zero-order chi connectivity index (χ0) is 14.4. The standard InChI is InChI=1S/C18H12N2O/c19-11-15-17(20)21-16-8-4-3-7-14(16)18(15)9-12-5-1-2-6-13(12)10-18/h1-10H,20H2. The number of benzene rings is 2. The predicted octanol–water partition coefficient (Wildman–Crippen LogP) is 1.29. The van der Waals surface area contributed by atoms with Crippen molar-refractivity contribution in [3.8, 4) is 11.8 Å². The minimum atomic E-state index is -0.628. The van der Waals surface area contributed by atoms with Crippen molar-refractivity contribution >= 4 is 12.2 Å². The molecular weight excluding hydrogens is 260 g/mol. The Morgan fingerprint density at radius 3 is 2.24 bits per heavy atom. The lowest BCUT2D eigenvalue weighted by Crippen LogP contribution is -2.31. The molecule has 100 valence electrons. The lowest BCUT2D eigenvalue weighted by atomic mass is 9.74. The van der Waals surface area contributed by atoms with Gasteiger partial charge in [0, 0.05) is 5.56 Å². The van der Waals surface area contributed by atoms with E-state index in [0.717, 1.165) is 16.0 Å². The Bertz CT molecular complexity index is 913. The molecule has 2 aromatic rings. The van der Waals surface area contributed by atoms with Crippen LogP contribution in [0.4, 0.5) is 0 Å². The van der Waals surface area contributed by atoms with Gasteiger partial charge in [-0.15, -0.1) is 0 Å². The third kappa shape index (κ3) is 1.47. The summed E-state index contributed by atoms with van der Waals surface area (Å²) in [6.45, 7) is 0. The molecular formula is C18H12N2O. The maximum Gasteiger partial charge on any atom is 0.206 e. The summed E-state index contributed by atoms with van der Waals surface area (Å²) in [6.07, 6.45) is 4.18. The summed E-state index contributed by atoms with van der Waals surface area (Å²) in [7, 11) is 0. The zero-order valence-corrected chi connectivity index (χ0v) is 11.2. The second-order valence-corrected chi connectivity index (χ2v) is 5.24. The van der Waals surface area contributed by atoms with Gasteiger partial charge in [0.2, 0.25) is 5.88 Å². The molecule has 0 fully saturated rings. The summed E-state index contributed by atoms with van der Waals surface area (Å²) in [5.41, 5.74) is 6.75. The highest BCUT2D eigenvalue weighted by molar-refractivity contribution is 5.79. The summed E-state index contributed by atoms with van der Waals surface area (Å²) in [6, 6.07) is 18.0. The Morgan fingerprint density at radius 2 is 1.57 bits per heavy atom. The number of allylic oxidation sites excluding steroid dienone is 1. The maximum absolute atomic E-state index is 9.58. The third-order valence-electron chi connectivity index (χ3n) is 4.09. The molecule has 2 N–H and O–H groups in total. The molecule has 2 aliphatic rings. The van der Waals surface area contributed by atoms with Gasteiger partial charge in [0.15, 0.2) is 0 Å². The van der Waals surface area contributed by atoms with Crippen molar-refractivity contribution in [3.63, 3.8) is 0 Å². The molecule has 0 aromatic heterocycles. The topological polar surface area (TPSA) is 59.0 Å². The van der Waals surface area contributed by atoms with Crippen molar-refractivity contribution in [3.05, 3.63) is 76.0 Å². The van der Waals surface area contributed by atoms with E-state index in [1.807, 2.05) is 48.5 Å². The molecule has 0 saturated carbocycles. The van der Waals surface area contributed by atoms with Gasteiger partial charge in [0.05, 0.1) is 5.41 Å². The number of para-hydroxylation sites is 1. The van der Waals surface area contributed by atoms with E-state index in [1.54, 1.807) is 0 Å². The fourth-order valence-electron chi connectivity index (χ4n) is 3.16. The van der Waals surface area contributed by atoms with Gasteiger partial charge in [0.1, 0.15) is 17.4 Å². The van der Waals surface area contributed by atoms with Gasteiger partial charge in [-0.25, -0.2) is 0 Å². The molecule has 3 heteroatoms. The molecule has 1 spiro atoms. The Morgan fingerprint density at radius 1 is 0.952 bits per heavy atom. The SMILES string of the molecule is N#CC1=C(N)Oc2ccccc2C12C=c1ccccc1=C2.